The van der Waals surface area contributed by atoms with Crippen molar-refractivity contribution >= 4 is 0 Å². The van der Waals surface area contributed by atoms with Gasteiger partial charge in [0.2, 0.25) is 0 Å². The van der Waals surface area contributed by atoms with E-state index in [0.29, 0.717) is 19.6 Å². The van der Waals surface area contributed by atoms with Crippen LogP contribution in [0.5, 0.6) is 11.5 Å². The van der Waals surface area contributed by atoms with Gasteiger partial charge in [0, 0.05) is 13.0 Å². The highest BCUT2D eigenvalue weighted by Crippen LogP contribution is 2.29. The van der Waals surface area contributed by atoms with Gasteiger partial charge in [0.1, 0.15) is 0 Å². The minimum Gasteiger partial charge on any atom is -0.490 e. The van der Waals surface area contributed by atoms with Crippen LogP contribution < -0.4 is 14.8 Å². The average Bonchev–Trinajstić information content (AvgIpc) is 2.40. The van der Waals surface area contributed by atoms with Crippen molar-refractivity contribution in [2.24, 2.45) is 0 Å². The largest absolute Gasteiger partial charge is 0.490 e. The molecule has 4 heteroatoms. The fraction of sp³-hybridized carbons (Fsp3) is 0.647. The number of nitrogens with one attached hydrogen (secondary N) is 1. The topological polar surface area (TPSA) is 50.7 Å². The Morgan fingerprint density at radius 2 is 1.90 bits per heavy atom. The molecule has 0 aliphatic carbocycles. The molecule has 0 amide bonds. The van der Waals surface area contributed by atoms with Crippen molar-refractivity contribution in [2.45, 2.75) is 52.7 Å². The van der Waals surface area contributed by atoms with E-state index in [1.807, 2.05) is 25.1 Å². The molecule has 1 aromatic carbocycles. The molecule has 0 radical (unpaired) electrons. The standard InChI is InChI=1S/C17H29NO3/c1-5-10-18-13-14-7-8-15(16(12-14)20-6-2)21-11-9-17(3,4)19/h7-8,12,18-19H,5-6,9-11,13H2,1-4H3. The minimum atomic E-state index is -0.713. The van der Waals surface area contributed by atoms with Crippen LogP contribution in [0.15, 0.2) is 18.2 Å². The maximum absolute atomic E-state index is 9.71. The number of hydrogen-bond acceptors (Lipinski definition) is 4. The third-order valence-corrected chi connectivity index (χ3v) is 3.04. The Morgan fingerprint density at radius 1 is 1.14 bits per heavy atom. The SMILES string of the molecule is CCCNCc1ccc(OCCC(C)(C)O)c(OCC)c1. The third-order valence-electron chi connectivity index (χ3n) is 3.04. The zero-order chi connectivity index (χ0) is 15.7. The first kappa shape index (κ1) is 17.8. The molecule has 0 spiro atoms. The first-order chi connectivity index (χ1) is 9.96. The van der Waals surface area contributed by atoms with Crippen molar-refractivity contribution < 1.29 is 14.6 Å². The maximum atomic E-state index is 9.71. The molecule has 0 saturated carbocycles. The van der Waals surface area contributed by atoms with Crippen molar-refractivity contribution in [3.05, 3.63) is 23.8 Å². The Hall–Kier alpha value is -1.26. The van der Waals surface area contributed by atoms with Crippen LogP contribution in [0.4, 0.5) is 0 Å². The Morgan fingerprint density at radius 3 is 2.52 bits per heavy atom. The maximum Gasteiger partial charge on any atom is 0.161 e. The van der Waals surface area contributed by atoms with E-state index in [-0.39, 0.29) is 0 Å². The summed E-state index contributed by atoms with van der Waals surface area (Å²) in [5.41, 5.74) is 0.470. The third kappa shape index (κ3) is 7.34. The highest BCUT2D eigenvalue weighted by molar-refractivity contribution is 5.43. The van der Waals surface area contributed by atoms with E-state index in [2.05, 4.69) is 12.2 Å². The first-order valence-corrected chi connectivity index (χ1v) is 7.78. The number of hydrogen-bond donors (Lipinski definition) is 2. The van der Waals surface area contributed by atoms with Gasteiger partial charge in [-0.05, 0) is 51.4 Å². The van der Waals surface area contributed by atoms with Gasteiger partial charge in [0.15, 0.2) is 11.5 Å². The zero-order valence-corrected chi connectivity index (χ0v) is 13.7. The quantitative estimate of drug-likeness (QED) is 0.651. The molecular formula is C17H29NO3. The summed E-state index contributed by atoms with van der Waals surface area (Å²) in [6.07, 6.45) is 1.70. The van der Waals surface area contributed by atoms with Crippen molar-refractivity contribution in [3.63, 3.8) is 0 Å². The molecule has 1 aromatic rings. The highest BCUT2D eigenvalue weighted by atomic mass is 16.5. The Balaban J connectivity index is 2.65. The molecule has 4 nitrogen and oxygen atoms in total. The summed E-state index contributed by atoms with van der Waals surface area (Å²) in [4.78, 5) is 0. The molecule has 2 N–H and O–H groups in total. The van der Waals surface area contributed by atoms with E-state index < -0.39 is 5.60 Å². The normalized spacial score (nSPS) is 11.5. The zero-order valence-electron chi connectivity index (χ0n) is 13.7. The lowest BCUT2D eigenvalue weighted by Gasteiger charge is -2.18. The molecule has 0 atom stereocenters. The van der Waals surface area contributed by atoms with E-state index in [9.17, 15) is 5.11 Å². The average molecular weight is 295 g/mol. The molecular weight excluding hydrogens is 266 g/mol. The molecule has 0 aromatic heterocycles. The molecule has 0 unspecified atom stereocenters. The van der Waals surface area contributed by atoms with Crippen LogP contribution in [0, 0.1) is 0 Å². The molecule has 0 saturated heterocycles. The van der Waals surface area contributed by atoms with Crippen LogP contribution in [0.1, 0.15) is 46.1 Å². The predicted octanol–water partition coefficient (Wildman–Crippen LogP) is 3.12. The fourth-order valence-electron chi connectivity index (χ4n) is 1.87. The lowest BCUT2D eigenvalue weighted by molar-refractivity contribution is 0.0548. The van der Waals surface area contributed by atoms with Gasteiger partial charge in [-0.3, -0.25) is 0 Å². The smallest absolute Gasteiger partial charge is 0.161 e. The predicted molar refractivity (Wildman–Crippen MR) is 86.0 cm³/mol. The van der Waals surface area contributed by atoms with Gasteiger partial charge in [-0.2, -0.15) is 0 Å². The molecule has 21 heavy (non-hydrogen) atoms. The molecule has 0 fully saturated rings. The number of aliphatic hydroxyl groups is 1. The van der Waals surface area contributed by atoms with Crippen molar-refractivity contribution in [1.29, 1.82) is 0 Å². The van der Waals surface area contributed by atoms with Crippen LogP contribution in [0.25, 0.3) is 0 Å². The van der Waals surface area contributed by atoms with Crippen molar-refractivity contribution in [2.75, 3.05) is 19.8 Å². The lowest BCUT2D eigenvalue weighted by Crippen LogP contribution is -2.22. The summed E-state index contributed by atoms with van der Waals surface area (Å²) in [7, 11) is 0. The van der Waals surface area contributed by atoms with Crippen LogP contribution in [0.3, 0.4) is 0 Å². The van der Waals surface area contributed by atoms with Gasteiger partial charge >= 0.3 is 0 Å². The minimum absolute atomic E-state index is 0.469. The van der Waals surface area contributed by atoms with Crippen molar-refractivity contribution in [1.82, 2.24) is 5.32 Å². The van der Waals surface area contributed by atoms with Gasteiger partial charge in [0.25, 0.3) is 0 Å². The van der Waals surface area contributed by atoms with E-state index in [1.165, 1.54) is 5.56 Å². The second-order valence-corrected chi connectivity index (χ2v) is 5.80. The van der Waals surface area contributed by atoms with Crippen LogP contribution in [0.2, 0.25) is 0 Å². The van der Waals surface area contributed by atoms with E-state index in [4.69, 9.17) is 9.47 Å². The monoisotopic (exact) mass is 295 g/mol. The van der Waals surface area contributed by atoms with E-state index in [1.54, 1.807) is 13.8 Å². The van der Waals surface area contributed by atoms with Crippen LogP contribution in [-0.2, 0) is 6.54 Å². The first-order valence-electron chi connectivity index (χ1n) is 7.78. The summed E-state index contributed by atoms with van der Waals surface area (Å²) < 4.78 is 11.4. The van der Waals surface area contributed by atoms with E-state index in [0.717, 1.165) is 31.0 Å². The molecule has 0 bridgehead atoms. The summed E-state index contributed by atoms with van der Waals surface area (Å²) in [5.74, 6) is 1.50. The molecule has 120 valence electrons. The number of ether oxygens (including phenoxy) is 2. The fourth-order valence-corrected chi connectivity index (χ4v) is 1.87. The van der Waals surface area contributed by atoms with Gasteiger partial charge in [-0.25, -0.2) is 0 Å². The highest BCUT2D eigenvalue weighted by Gasteiger charge is 2.13. The van der Waals surface area contributed by atoms with Gasteiger partial charge in [-0.1, -0.05) is 13.0 Å². The van der Waals surface area contributed by atoms with Crippen LogP contribution in [-0.4, -0.2) is 30.5 Å². The van der Waals surface area contributed by atoms with Gasteiger partial charge in [-0.15, -0.1) is 0 Å². The Kier molecular flexibility index (Phi) is 7.54. The molecule has 1 rings (SSSR count). The summed E-state index contributed by atoms with van der Waals surface area (Å²) >= 11 is 0. The van der Waals surface area contributed by atoms with Crippen LogP contribution >= 0.6 is 0 Å². The summed E-state index contributed by atoms with van der Waals surface area (Å²) in [5, 5.41) is 13.1. The van der Waals surface area contributed by atoms with E-state index >= 15 is 0 Å². The Labute approximate surface area is 128 Å². The molecule has 0 aliphatic heterocycles. The van der Waals surface area contributed by atoms with Crippen molar-refractivity contribution in [3.8, 4) is 11.5 Å². The summed E-state index contributed by atoms with van der Waals surface area (Å²) in [6.45, 7) is 10.6. The second-order valence-electron chi connectivity index (χ2n) is 5.80. The van der Waals surface area contributed by atoms with Gasteiger partial charge < -0.3 is 19.9 Å². The number of rotatable bonds is 10. The second kappa shape index (κ2) is 8.90. The lowest BCUT2D eigenvalue weighted by atomic mass is 10.1. The summed E-state index contributed by atoms with van der Waals surface area (Å²) in [6, 6.07) is 6.01. The van der Waals surface area contributed by atoms with Gasteiger partial charge in [0.05, 0.1) is 18.8 Å². The Bertz CT molecular complexity index is 413. The number of benzene rings is 1. The molecule has 0 heterocycles. The molecule has 0 aliphatic rings.